The van der Waals surface area contributed by atoms with Crippen LogP contribution in [0.5, 0.6) is 0 Å². The summed E-state index contributed by atoms with van der Waals surface area (Å²) in [6, 6.07) is 7.90. The van der Waals surface area contributed by atoms with E-state index in [4.69, 9.17) is 16.0 Å². The highest BCUT2D eigenvalue weighted by Gasteiger charge is 2.23. The molecule has 2 aromatic heterocycles. The van der Waals surface area contributed by atoms with Crippen molar-refractivity contribution in [2.45, 2.75) is 27.3 Å². The summed E-state index contributed by atoms with van der Waals surface area (Å²) in [7, 11) is 0. The number of benzene rings is 1. The van der Waals surface area contributed by atoms with Gasteiger partial charge in [0.2, 0.25) is 5.71 Å². The van der Waals surface area contributed by atoms with Crippen molar-refractivity contribution in [1.29, 1.82) is 0 Å². The molecule has 1 aliphatic heterocycles. The van der Waals surface area contributed by atoms with Gasteiger partial charge < -0.3 is 14.6 Å². The van der Waals surface area contributed by atoms with Crippen LogP contribution in [0.2, 0.25) is 5.02 Å². The summed E-state index contributed by atoms with van der Waals surface area (Å²) in [5.74, 6) is 0.390. The van der Waals surface area contributed by atoms with Crippen LogP contribution in [-0.4, -0.2) is 59.6 Å². The molecule has 9 heteroatoms. The number of carbonyl (C=O) groups is 1. The molecule has 3 aromatic rings. The summed E-state index contributed by atoms with van der Waals surface area (Å²) in [5, 5.41) is 3.95. The molecule has 1 saturated heterocycles. The highest BCUT2D eigenvalue weighted by atomic mass is 35.5. The van der Waals surface area contributed by atoms with Gasteiger partial charge in [-0.2, -0.15) is 0 Å². The van der Waals surface area contributed by atoms with Gasteiger partial charge >= 0.3 is 0 Å². The van der Waals surface area contributed by atoms with Crippen molar-refractivity contribution in [3.63, 3.8) is 0 Å². The van der Waals surface area contributed by atoms with Crippen molar-refractivity contribution < 1.29 is 9.21 Å². The third-order valence-corrected chi connectivity index (χ3v) is 6.14. The predicted molar refractivity (Wildman–Crippen MR) is 130 cm³/mol. The first-order valence-electron chi connectivity index (χ1n) is 11.3. The molecule has 0 saturated carbocycles. The number of hydrogen-bond donors (Lipinski definition) is 1. The van der Waals surface area contributed by atoms with Crippen molar-refractivity contribution in [3.8, 4) is 0 Å². The smallest absolute Gasteiger partial charge is 0.265 e. The second-order valence-electron chi connectivity index (χ2n) is 8.87. The number of amides is 1. The lowest BCUT2D eigenvalue weighted by Gasteiger charge is -2.36. The van der Waals surface area contributed by atoms with E-state index in [0.29, 0.717) is 18.8 Å². The fourth-order valence-electron chi connectivity index (χ4n) is 4.25. The first kappa shape index (κ1) is 23.3. The molecule has 1 aromatic carbocycles. The van der Waals surface area contributed by atoms with Gasteiger partial charge in [-0.1, -0.05) is 31.5 Å². The number of aromatic nitrogens is 2. The predicted octanol–water partition coefficient (Wildman–Crippen LogP) is 3.16. The minimum Gasteiger partial charge on any atom is -0.442 e. The van der Waals surface area contributed by atoms with E-state index in [1.165, 1.54) is 10.9 Å². The Labute approximate surface area is 198 Å². The van der Waals surface area contributed by atoms with Gasteiger partial charge in [-0.25, -0.2) is 4.98 Å². The molecule has 0 radical (unpaired) electrons. The minimum absolute atomic E-state index is 0.208. The second-order valence-corrected chi connectivity index (χ2v) is 9.31. The molecule has 0 atom stereocenters. The van der Waals surface area contributed by atoms with Crippen molar-refractivity contribution in [2.24, 2.45) is 5.92 Å². The van der Waals surface area contributed by atoms with Crippen LogP contribution in [0.25, 0.3) is 11.1 Å². The monoisotopic (exact) mass is 471 g/mol. The highest BCUT2D eigenvalue weighted by molar-refractivity contribution is 6.30. The van der Waals surface area contributed by atoms with Gasteiger partial charge in [-0.15, -0.1) is 0 Å². The molecule has 4 rings (SSSR count). The van der Waals surface area contributed by atoms with E-state index in [1.807, 2.05) is 32.0 Å². The molecule has 8 nitrogen and oxygen atoms in total. The van der Waals surface area contributed by atoms with E-state index in [-0.39, 0.29) is 34.0 Å². The van der Waals surface area contributed by atoms with Crippen LogP contribution in [-0.2, 0) is 6.54 Å². The zero-order valence-corrected chi connectivity index (χ0v) is 20.1. The quantitative estimate of drug-likeness (QED) is 0.570. The van der Waals surface area contributed by atoms with Gasteiger partial charge in [0.05, 0.1) is 5.56 Å². The normalized spacial score (nSPS) is 14.9. The Morgan fingerprint density at radius 3 is 2.70 bits per heavy atom. The number of nitrogens with zero attached hydrogens (tertiary/aromatic N) is 4. The Bertz CT molecular complexity index is 1190. The first-order chi connectivity index (χ1) is 15.8. The third kappa shape index (κ3) is 5.23. The van der Waals surface area contributed by atoms with E-state index in [9.17, 15) is 9.59 Å². The summed E-state index contributed by atoms with van der Waals surface area (Å²) in [5.41, 5.74) is 1.38. The number of fused-ring (bicyclic) bond motifs is 1. The highest BCUT2D eigenvalue weighted by Crippen LogP contribution is 2.22. The maximum Gasteiger partial charge on any atom is 0.265 e. The van der Waals surface area contributed by atoms with Gasteiger partial charge in [0, 0.05) is 56.5 Å². The summed E-state index contributed by atoms with van der Waals surface area (Å²) < 4.78 is 7.15. The zero-order valence-electron chi connectivity index (χ0n) is 19.3. The molecule has 1 N–H and O–H groups in total. The molecule has 1 amide bonds. The van der Waals surface area contributed by atoms with E-state index in [2.05, 4.69) is 26.2 Å². The second kappa shape index (κ2) is 9.97. The van der Waals surface area contributed by atoms with E-state index < -0.39 is 0 Å². The molecular weight excluding hydrogens is 442 g/mol. The van der Waals surface area contributed by atoms with Crippen LogP contribution in [0.3, 0.4) is 0 Å². The first-order valence-corrected chi connectivity index (χ1v) is 11.7. The van der Waals surface area contributed by atoms with Crippen molar-refractivity contribution in [3.05, 3.63) is 57.3 Å². The largest absolute Gasteiger partial charge is 0.442 e. The fourth-order valence-corrected chi connectivity index (χ4v) is 4.44. The third-order valence-electron chi connectivity index (χ3n) is 5.90. The number of furan rings is 1. The Hall–Kier alpha value is -2.84. The number of carbonyl (C=O) groups excluding carboxylic acids is 1. The SMILES string of the molecule is Cc1oc2ncn(CC(C)C)c(=O)c2c1C(=O)NCCN1CCN(c2cccc(Cl)c2)CC1. The lowest BCUT2D eigenvalue weighted by molar-refractivity contribution is 0.0947. The van der Waals surface area contributed by atoms with Crippen LogP contribution < -0.4 is 15.8 Å². The number of nitrogens with one attached hydrogen (secondary N) is 1. The van der Waals surface area contributed by atoms with E-state index in [0.717, 1.165) is 43.4 Å². The molecule has 0 unspecified atom stereocenters. The number of rotatable bonds is 7. The number of piperazine rings is 1. The van der Waals surface area contributed by atoms with Crippen LogP contribution in [0, 0.1) is 12.8 Å². The van der Waals surface area contributed by atoms with E-state index in [1.54, 1.807) is 6.92 Å². The number of halogens is 1. The van der Waals surface area contributed by atoms with Crippen molar-refractivity contribution >= 4 is 34.3 Å². The molecule has 0 bridgehead atoms. The Kier molecular flexibility index (Phi) is 7.05. The number of hydrogen-bond acceptors (Lipinski definition) is 6. The average molecular weight is 472 g/mol. The topological polar surface area (TPSA) is 83.6 Å². The van der Waals surface area contributed by atoms with Crippen LogP contribution in [0.4, 0.5) is 5.69 Å². The van der Waals surface area contributed by atoms with Crippen molar-refractivity contribution in [1.82, 2.24) is 19.8 Å². The molecule has 3 heterocycles. The fraction of sp³-hybridized carbons (Fsp3) is 0.458. The molecule has 1 aliphatic rings. The van der Waals surface area contributed by atoms with Crippen molar-refractivity contribution in [2.75, 3.05) is 44.2 Å². The average Bonchev–Trinajstić information content (AvgIpc) is 3.12. The molecule has 0 aliphatic carbocycles. The lowest BCUT2D eigenvalue weighted by Crippen LogP contribution is -2.48. The Morgan fingerprint density at radius 1 is 1.24 bits per heavy atom. The summed E-state index contributed by atoms with van der Waals surface area (Å²) in [4.78, 5) is 34.8. The molecule has 33 heavy (non-hydrogen) atoms. The van der Waals surface area contributed by atoms with Gasteiger partial charge in [0.15, 0.2) is 0 Å². The van der Waals surface area contributed by atoms with E-state index >= 15 is 0 Å². The van der Waals surface area contributed by atoms with Crippen LogP contribution in [0.15, 0.2) is 39.8 Å². The maximum atomic E-state index is 13.0. The summed E-state index contributed by atoms with van der Waals surface area (Å²) in [6.45, 7) is 11.1. The van der Waals surface area contributed by atoms with Crippen LogP contribution in [0.1, 0.15) is 30.0 Å². The summed E-state index contributed by atoms with van der Waals surface area (Å²) >= 11 is 6.11. The molecule has 0 spiro atoms. The number of anilines is 1. The van der Waals surface area contributed by atoms with Crippen LogP contribution >= 0.6 is 11.6 Å². The Balaban J connectivity index is 1.36. The molecule has 1 fully saturated rings. The molecular formula is C24H30ClN5O3. The minimum atomic E-state index is -0.301. The molecule has 176 valence electrons. The standard InChI is InChI=1S/C24H30ClN5O3/c1-16(2)14-30-15-27-23-21(24(30)32)20(17(3)33-23)22(31)26-7-8-28-9-11-29(12-10-28)19-6-4-5-18(25)13-19/h4-6,13,15-16H,7-12,14H2,1-3H3,(H,26,31). The zero-order chi connectivity index (χ0) is 23.5. The number of aryl methyl sites for hydroxylation is 1. The van der Waals surface area contributed by atoms with Gasteiger partial charge in [-0.05, 0) is 31.0 Å². The van der Waals surface area contributed by atoms with Gasteiger partial charge in [0.1, 0.15) is 17.5 Å². The Morgan fingerprint density at radius 2 is 2.00 bits per heavy atom. The van der Waals surface area contributed by atoms with Gasteiger partial charge in [0.25, 0.3) is 11.5 Å². The van der Waals surface area contributed by atoms with Gasteiger partial charge in [-0.3, -0.25) is 19.1 Å². The maximum absolute atomic E-state index is 13.0. The lowest BCUT2D eigenvalue weighted by atomic mass is 10.1. The summed E-state index contributed by atoms with van der Waals surface area (Å²) in [6.07, 6.45) is 1.48.